The highest BCUT2D eigenvalue weighted by Crippen LogP contribution is 2.32. The van der Waals surface area contributed by atoms with Crippen LogP contribution in [0.15, 0.2) is 12.3 Å². The summed E-state index contributed by atoms with van der Waals surface area (Å²) in [5, 5.41) is 2.95. The van der Waals surface area contributed by atoms with E-state index < -0.39 is 11.7 Å². The van der Waals surface area contributed by atoms with Gasteiger partial charge in [0.15, 0.2) is 0 Å². The molecule has 0 fully saturated rings. The lowest BCUT2D eigenvalue weighted by molar-refractivity contribution is -0.137. The van der Waals surface area contributed by atoms with E-state index in [9.17, 15) is 13.2 Å². The quantitative estimate of drug-likeness (QED) is 0.828. The predicted molar refractivity (Wildman–Crippen MR) is 75.1 cm³/mol. The number of alkyl halides is 3. The molecule has 1 aromatic heterocycles. The van der Waals surface area contributed by atoms with Crippen LogP contribution in [0.25, 0.3) is 0 Å². The van der Waals surface area contributed by atoms with Crippen molar-refractivity contribution in [2.75, 3.05) is 31.5 Å². The van der Waals surface area contributed by atoms with Gasteiger partial charge in [-0.2, -0.15) is 13.2 Å². The van der Waals surface area contributed by atoms with Crippen LogP contribution in [0.4, 0.5) is 19.0 Å². The molecule has 0 bridgehead atoms. The number of hydrogen-bond donors (Lipinski definition) is 1. The van der Waals surface area contributed by atoms with Gasteiger partial charge in [0.25, 0.3) is 0 Å². The Morgan fingerprint density at radius 2 is 2.00 bits per heavy atom. The monoisotopic (exact) mass is 309 g/mol. The Morgan fingerprint density at radius 3 is 2.50 bits per heavy atom. The number of likely N-dealkylation sites (N-methyl/N-ethyl adjacent to an activating group) is 1. The Bertz CT molecular complexity index is 424. The summed E-state index contributed by atoms with van der Waals surface area (Å²) in [6.07, 6.45) is -2.57. The average molecular weight is 310 g/mol. The molecular weight excluding hydrogens is 291 g/mol. The van der Waals surface area contributed by atoms with E-state index in [2.05, 4.69) is 29.0 Å². The summed E-state index contributed by atoms with van der Waals surface area (Å²) >= 11 is 5.81. The van der Waals surface area contributed by atoms with E-state index in [1.54, 1.807) is 0 Å². The van der Waals surface area contributed by atoms with E-state index in [0.717, 1.165) is 38.3 Å². The van der Waals surface area contributed by atoms with E-state index >= 15 is 0 Å². The van der Waals surface area contributed by atoms with E-state index in [-0.39, 0.29) is 10.8 Å². The summed E-state index contributed by atoms with van der Waals surface area (Å²) < 4.78 is 37.4. The molecule has 1 N–H and O–H groups in total. The van der Waals surface area contributed by atoms with Crippen molar-refractivity contribution in [3.05, 3.63) is 22.8 Å². The Hall–Kier alpha value is -1.01. The third-order valence-corrected chi connectivity index (χ3v) is 3.16. The smallest absolute Gasteiger partial charge is 0.368 e. The van der Waals surface area contributed by atoms with Crippen LogP contribution in [0.1, 0.15) is 25.8 Å². The van der Waals surface area contributed by atoms with Crippen LogP contribution in [0.3, 0.4) is 0 Å². The van der Waals surface area contributed by atoms with Gasteiger partial charge in [-0.1, -0.05) is 25.4 Å². The highest BCUT2D eigenvalue weighted by molar-refractivity contribution is 6.32. The van der Waals surface area contributed by atoms with Crippen molar-refractivity contribution in [2.45, 2.75) is 26.4 Å². The molecule has 3 nitrogen and oxygen atoms in total. The maximum atomic E-state index is 12.5. The number of anilines is 1. The van der Waals surface area contributed by atoms with Crippen molar-refractivity contribution >= 4 is 17.4 Å². The van der Waals surface area contributed by atoms with E-state index in [1.165, 1.54) is 0 Å². The van der Waals surface area contributed by atoms with Crippen molar-refractivity contribution in [3.8, 4) is 0 Å². The van der Waals surface area contributed by atoms with E-state index in [0.29, 0.717) is 6.54 Å². The van der Waals surface area contributed by atoms with Gasteiger partial charge in [0.1, 0.15) is 5.82 Å². The first-order valence-electron chi connectivity index (χ1n) is 6.57. The first-order valence-corrected chi connectivity index (χ1v) is 6.95. The Labute approximate surface area is 122 Å². The molecule has 0 aliphatic carbocycles. The van der Waals surface area contributed by atoms with Gasteiger partial charge in [-0.05, 0) is 25.6 Å². The van der Waals surface area contributed by atoms with Gasteiger partial charge in [-0.25, -0.2) is 4.98 Å². The third kappa shape index (κ3) is 5.17. The normalized spacial score (nSPS) is 11.9. The van der Waals surface area contributed by atoms with Gasteiger partial charge in [0, 0.05) is 19.3 Å². The molecule has 1 heterocycles. The van der Waals surface area contributed by atoms with Crippen molar-refractivity contribution in [1.82, 2.24) is 9.88 Å². The highest BCUT2D eigenvalue weighted by atomic mass is 35.5. The maximum Gasteiger partial charge on any atom is 0.417 e. The summed E-state index contributed by atoms with van der Waals surface area (Å²) in [7, 11) is 0. The molecule has 1 rings (SSSR count). The molecule has 0 atom stereocenters. The van der Waals surface area contributed by atoms with Gasteiger partial charge < -0.3 is 10.2 Å². The fourth-order valence-electron chi connectivity index (χ4n) is 1.80. The van der Waals surface area contributed by atoms with Gasteiger partial charge in [0.2, 0.25) is 0 Å². The number of aromatic nitrogens is 1. The lowest BCUT2D eigenvalue weighted by atomic mass is 10.3. The van der Waals surface area contributed by atoms with Crippen LogP contribution in [0.5, 0.6) is 0 Å². The van der Waals surface area contributed by atoms with Gasteiger partial charge in [-0.15, -0.1) is 0 Å². The van der Waals surface area contributed by atoms with Gasteiger partial charge >= 0.3 is 6.18 Å². The second-order valence-electron chi connectivity index (χ2n) is 4.41. The molecular formula is C13H19ClF3N3. The van der Waals surface area contributed by atoms with Crippen molar-refractivity contribution in [3.63, 3.8) is 0 Å². The summed E-state index contributed by atoms with van der Waals surface area (Å²) in [5.41, 5.74) is -0.839. The molecule has 114 valence electrons. The van der Waals surface area contributed by atoms with Crippen LogP contribution in [-0.2, 0) is 6.18 Å². The summed E-state index contributed by atoms with van der Waals surface area (Å²) in [5.74, 6) is 0.284. The van der Waals surface area contributed by atoms with Crippen molar-refractivity contribution < 1.29 is 13.2 Å². The van der Waals surface area contributed by atoms with Crippen LogP contribution in [-0.4, -0.2) is 36.1 Å². The second kappa shape index (κ2) is 7.69. The lowest BCUT2D eigenvalue weighted by Crippen LogP contribution is -2.29. The Morgan fingerprint density at radius 1 is 1.30 bits per heavy atom. The number of nitrogens with one attached hydrogen (secondary N) is 1. The van der Waals surface area contributed by atoms with Crippen LogP contribution in [0.2, 0.25) is 5.02 Å². The van der Waals surface area contributed by atoms with Gasteiger partial charge in [-0.3, -0.25) is 0 Å². The lowest BCUT2D eigenvalue weighted by Gasteiger charge is -2.20. The molecule has 0 saturated heterocycles. The van der Waals surface area contributed by atoms with Gasteiger partial charge in [0.05, 0.1) is 10.6 Å². The van der Waals surface area contributed by atoms with Crippen LogP contribution in [0, 0.1) is 0 Å². The molecule has 7 heteroatoms. The third-order valence-electron chi connectivity index (χ3n) is 2.88. The molecule has 0 spiro atoms. The minimum Gasteiger partial charge on any atom is -0.368 e. The van der Waals surface area contributed by atoms with E-state index in [4.69, 9.17) is 11.6 Å². The zero-order chi connectivity index (χ0) is 15.2. The largest absolute Gasteiger partial charge is 0.417 e. The standard InChI is InChI=1S/C13H19ClF3N3/c1-3-6-20(4-2)7-5-18-12-11(14)8-10(9-19-12)13(15,16)17/h8-9H,3-7H2,1-2H3,(H,18,19). The van der Waals surface area contributed by atoms with Crippen LogP contribution >= 0.6 is 11.6 Å². The molecule has 20 heavy (non-hydrogen) atoms. The number of nitrogens with zero attached hydrogens (tertiary/aromatic N) is 2. The number of hydrogen-bond acceptors (Lipinski definition) is 3. The van der Waals surface area contributed by atoms with Crippen molar-refractivity contribution in [2.24, 2.45) is 0 Å². The molecule has 0 aliphatic heterocycles. The molecule has 0 unspecified atom stereocenters. The Balaban J connectivity index is 2.57. The van der Waals surface area contributed by atoms with Crippen molar-refractivity contribution in [1.29, 1.82) is 0 Å². The predicted octanol–water partition coefficient (Wildman–Crippen LogP) is 3.90. The molecule has 0 aromatic carbocycles. The fourth-order valence-corrected chi connectivity index (χ4v) is 2.03. The zero-order valence-corrected chi connectivity index (χ0v) is 12.4. The van der Waals surface area contributed by atoms with Crippen LogP contribution < -0.4 is 5.32 Å². The maximum absolute atomic E-state index is 12.5. The minimum atomic E-state index is -4.42. The SMILES string of the molecule is CCCN(CC)CCNc1ncc(C(F)(F)F)cc1Cl. The summed E-state index contributed by atoms with van der Waals surface area (Å²) in [6.45, 7) is 7.48. The zero-order valence-electron chi connectivity index (χ0n) is 11.6. The minimum absolute atomic E-state index is 0.0154. The highest BCUT2D eigenvalue weighted by Gasteiger charge is 2.31. The molecule has 0 saturated carbocycles. The van der Waals surface area contributed by atoms with E-state index in [1.807, 2.05) is 0 Å². The number of halogens is 4. The first-order chi connectivity index (χ1) is 9.38. The number of rotatable bonds is 7. The molecule has 0 aliphatic rings. The fraction of sp³-hybridized carbons (Fsp3) is 0.615. The molecule has 0 radical (unpaired) electrons. The molecule has 1 aromatic rings. The topological polar surface area (TPSA) is 28.2 Å². The second-order valence-corrected chi connectivity index (χ2v) is 4.82. The number of pyridine rings is 1. The average Bonchev–Trinajstić information content (AvgIpc) is 2.38. The summed E-state index contributed by atoms with van der Waals surface area (Å²) in [6, 6.07) is 0.889. The Kier molecular flexibility index (Phi) is 6.55. The summed E-state index contributed by atoms with van der Waals surface area (Å²) in [4.78, 5) is 5.97. The molecule has 0 amide bonds. The first kappa shape index (κ1) is 17.0.